The van der Waals surface area contributed by atoms with Gasteiger partial charge in [0.25, 0.3) is 0 Å². The van der Waals surface area contributed by atoms with E-state index in [0.717, 1.165) is 0 Å². The highest BCUT2D eigenvalue weighted by Crippen LogP contribution is 2.29. The molecule has 24 heavy (non-hydrogen) atoms. The lowest BCUT2D eigenvalue weighted by molar-refractivity contribution is -0.144. The van der Waals surface area contributed by atoms with Crippen LogP contribution in [0.15, 0.2) is 6.33 Å². The maximum absolute atomic E-state index is 12.9. The van der Waals surface area contributed by atoms with E-state index < -0.39 is 18.1 Å². The van der Waals surface area contributed by atoms with Gasteiger partial charge in [0.1, 0.15) is 5.52 Å². The Morgan fingerprint density at radius 1 is 1.50 bits per heavy atom. The lowest BCUT2D eigenvalue weighted by atomic mass is 10.2. The van der Waals surface area contributed by atoms with E-state index in [1.165, 1.54) is 11.2 Å². The van der Waals surface area contributed by atoms with Gasteiger partial charge in [-0.3, -0.25) is 0 Å². The van der Waals surface area contributed by atoms with E-state index in [-0.39, 0.29) is 29.6 Å². The molecule has 1 atom stereocenters. The second-order valence-electron chi connectivity index (χ2n) is 5.27. The fraction of sp³-hybridized carbons (Fsp3) is 0.538. The summed E-state index contributed by atoms with van der Waals surface area (Å²) in [6, 6.07) is -0.239. The van der Waals surface area contributed by atoms with Crippen molar-refractivity contribution in [2.75, 3.05) is 25.0 Å². The Morgan fingerprint density at radius 3 is 3.00 bits per heavy atom. The second-order valence-corrected chi connectivity index (χ2v) is 5.27. The maximum atomic E-state index is 12.9. The van der Waals surface area contributed by atoms with Crippen molar-refractivity contribution in [3.8, 4) is 0 Å². The molecule has 1 fully saturated rings. The molecule has 2 aromatic rings. The molecule has 0 unspecified atom stereocenters. The Kier molecular flexibility index (Phi) is 4.16. The summed E-state index contributed by atoms with van der Waals surface area (Å²) in [5.41, 5.74) is 0.220. The van der Waals surface area contributed by atoms with E-state index in [1.807, 2.05) is 0 Å². The zero-order valence-corrected chi connectivity index (χ0v) is 12.7. The predicted molar refractivity (Wildman–Crippen MR) is 77.3 cm³/mol. The van der Waals surface area contributed by atoms with Gasteiger partial charge in [0.05, 0.1) is 12.9 Å². The number of anilines is 1. The number of aromatic nitrogens is 4. The number of aromatic amines is 1. The lowest BCUT2D eigenvalue weighted by Gasteiger charge is -2.17. The molecule has 0 saturated carbocycles. The van der Waals surface area contributed by atoms with Crippen LogP contribution in [0.3, 0.4) is 0 Å². The van der Waals surface area contributed by atoms with Crippen LogP contribution in [0.5, 0.6) is 0 Å². The number of ether oxygens (including phenoxy) is 1. The summed E-state index contributed by atoms with van der Waals surface area (Å²) in [5, 5.41) is 2.94. The van der Waals surface area contributed by atoms with Gasteiger partial charge in [-0.15, -0.1) is 0 Å². The number of carbonyl (C=O) groups excluding carboxylic acids is 1. The molecule has 1 aliphatic rings. The summed E-state index contributed by atoms with van der Waals surface area (Å²) in [6.45, 7) is 2.75. The van der Waals surface area contributed by atoms with Crippen molar-refractivity contribution in [2.24, 2.45) is 0 Å². The van der Waals surface area contributed by atoms with Crippen molar-refractivity contribution < 1.29 is 22.7 Å². The summed E-state index contributed by atoms with van der Waals surface area (Å²) in [7, 11) is 0. The summed E-state index contributed by atoms with van der Waals surface area (Å²) in [5.74, 6) is -1.25. The molecule has 1 aliphatic heterocycles. The number of likely N-dealkylation sites (tertiary alicyclic amines) is 1. The summed E-state index contributed by atoms with van der Waals surface area (Å²) >= 11 is 0. The Labute approximate surface area is 134 Å². The number of rotatable bonds is 3. The Hall–Kier alpha value is -2.59. The fourth-order valence-corrected chi connectivity index (χ4v) is 2.52. The van der Waals surface area contributed by atoms with E-state index in [4.69, 9.17) is 4.74 Å². The first-order chi connectivity index (χ1) is 11.4. The third-order valence-corrected chi connectivity index (χ3v) is 3.59. The van der Waals surface area contributed by atoms with Crippen molar-refractivity contribution in [1.82, 2.24) is 24.8 Å². The van der Waals surface area contributed by atoms with Crippen LogP contribution in [0.2, 0.25) is 0 Å². The number of hydrogen-bond donors (Lipinski definition) is 2. The van der Waals surface area contributed by atoms with Crippen molar-refractivity contribution in [3.63, 3.8) is 0 Å². The summed E-state index contributed by atoms with van der Waals surface area (Å²) in [4.78, 5) is 26.6. The molecule has 0 aliphatic carbocycles. The third-order valence-electron chi connectivity index (χ3n) is 3.59. The smallest absolute Gasteiger partial charge is 0.450 e. The van der Waals surface area contributed by atoms with E-state index in [9.17, 15) is 18.0 Å². The Bertz CT molecular complexity index is 747. The summed E-state index contributed by atoms with van der Waals surface area (Å²) < 4.78 is 43.6. The fourth-order valence-electron chi connectivity index (χ4n) is 2.52. The zero-order valence-electron chi connectivity index (χ0n) is 12.7. The number of halogens is 3. The minimum atomic E-state index is -4.67. The number of hydrogen-bond acceptors (Lipinski definition) is 6. The predicted octanol–water partition coefficient (Wildman–Crippen LogP) is 2.01. The van der Waals surface area contributed by atoms with E-state index in [0.29, 0.717) is 19.5 Å². The van der Waals surface area contributed by atoms with E-state index >= 15 is 0 Å². The molecule has 130 valence electrons. The van der Waals surface area contributed by atoms with Crippen LogP contribution in [0.1, 0.15) is 19.2 Å². The molecular formula is C13H15F3N6O2. The van der Waals surface area contributed by atoms with Gasteiger partial charge >= 0.3 is 12.3 Å². The number of amides is 1. The van der Waals surface area contributed by atoms with Gasteiger partial charge in [-0.2, -0.15) is 13.2 Å². The average Bonchev–Trinajstić information content (AvgIpc) is 3.15. The average molecular weight is 344 g/mol. The Balaban J connectivity index is 1.80. The first-order valence-electron chi connectivity index (χ1n) is 7.35. The molecule has 1 amide bonds. The van der Waals surface area contributed by atoms with Crippen LogP contribution in [0.25, 0.3) is 11.2 Å². The SMILES string of the molecule is CCOC(=O)N1CC[C@@H](Nc2nc(C(F)(F)F)nc3nc[nH]c23)C1. The molecule has 3 heterocycles. The number of imidazole rings is 1. The quantitative estimate of drug-likeness (QED) is 0.884. The van der Waals surface area contributed by atoms with Crippen LogP contribution in [0.4, 0.5) is 23.8 Å². The van der Waals surface area contributed by atoms with E-state index in [2.05, 4.69) is 25.3 Å². The van der Waals surface area contributed by atoms with Crippen molar-refractivity contribution in [2.45, 2.75) is 25.6 Å². The van der Waals surface area contributed by atoms with Crippen LogP contribution in [0, 0.1) is 0 Å². The van der Waals surface area contributed by atoms with Crippen LogP contribution in [-0.2, 0) is 10.9 Å². The molecule has 0 spiro atoms. The van der Waals surface area contributed by atoms with Crippen LogP contribution in [-0.4, -0.2) is 56.7 Å². The highest BCUT2D eigenvalue weighted by Gasteiger charge is 2.36. The zero-order chi connectivity index (χ0) is 17.3. The molecule has 11 heteroatoms. The summed E-state index contributed by atoms with van der Waals surface area (Å²) in [6.07, 6.45) is -3.28. The molecule has 8 nitrogen and oxygen atoms in total. The van der Waals surface area contributed by atoms with Crippen molar-refractivity contribution >= 4 is 23.1 Å². The number of fused-ring (bicyclic) bond motifs is 1. The van der Waals surface area contributed by atoms with Gasteiger partial charge < -0.3 is 19.9 Å². The highest BCUT2D eigenvalue weighted by molar-refractivity contribution is 5.82. The third kappa shape index (κ3) is 3.19. The molecule has 3 rings (SSSR count). The standard InChI is InChI=1S/C13H15F3N6O2/c1-2-24-12(23)22-4-3-7(5-22)19-10-8-9(18-6-17-8)20-11(21-10)13(14,15)16/h6-7H,2-5H2,1H3,(H2,17,18,19,20,21)/t7-/m1/s1. The lowest BCUT2D eigenvalue weighted by Crippen LogP contribution is -2.32. The number of nitrogens with one attached hydrogen (secondary N) is 2. The highest BCUT2D eigenvalue weighted by atomic mass is 19.4. The van der Waals surface area contributed by atoms with Gasteiger partial charge in [0, 0.05) is 19.1 Å². The molecule has 0 bridgehead atoms. The van der Waals surface area contributed by atoms with E-state index in [1.54, 1.807) is 6.92 Å². The van der Waals surface area contributed by atoms with Crippen LogP contribution < -0.4 is 5.32 Å². The molecular weight excluding hydrogens is 329 g/mol. The Morgan fingerprint density at radius 2 is 2.29 bits per heavy atom. The maximum Gasteiger partial charge on any atom is 0.451 e. The minimum Gasteiger partial charge on any atom is -0.450 e. The van der Waals surface area contributed by atoms with Gasteiger partial charge in [0.15, 0.2) is 11.5 Å². The number of nitrogens with zero attached hydrogens (tertiary/aromatic N) is 4. The first kappa shape index (κ1) is 16.3. The van der Waals surface area contributed by atoms with Crippen LogP contribution >= 0.6 is 0 Å². The molecule has 1 saturated heterocycles. The van der Waals surface area contributed by atoms with Gasteiger partial charge in [-0.1, -0.05) is 0 Å². The normalized spacial score (nSPS) is 18.2. The topological polar surface area (TPSA) is 96.0 Å². The number of alkyl halides is 3. The van der Waals surface area contributed by atoms with Gasteiger partial charge in [0.2, 0.25) is 5.82 Å². The number of carbonyl (C=O) groups is 1. The first-order valence-corrected chi connectivity index (χ1v) is 7.35. The van der Waals surface area contributed by atoms with Crippen molar-refractivity contribution in [1.29, 1.82) is 0 Å². The monoisotopic (exact) mass is 344 g/mol. The van der Waals surface area contributed by atoms with Gasteiger partial charge in [-0.25, -0.2) is 19.7 Å². The second kappa shape index (κ2) is 6.13. The van der Waals surface area contributed by atoms with Crippen molar-refractivity contribution in [3.05, 3.63) is 12.2 Å². The molecule has 2 N–H and O–H groups in total. The molecule has 0 aromatic carbocycles. The molecule has 2 aromatic heterocycles. The minimum absolute atomic E-state index is 0.0144. The molecule has 0 radical (unpaired) electrons. The largest absolute Gasteiger partial charge is 0.451 e. The number of H-pyrrole nitrogens is 1. The van der Waals surface area contributed by atoms with Gasteiger partial charge in [-0.05, 0) is 13.3 Å².